The Bertz CT molecular complexity index is 717. The highest BCUT2D eigenvalue weighted by molar-refractivity contribution is 6.31. The van der Waals surface area contributed by atoms with E-state index in [-0.39, 0.29) is 28.8 Å². The minimum absolute atomic E-state index is 0.0822. The van der Waals surface area contributed by atoms with E-state index >= 15 is 0 Å². The molecular weight excluding hydrogens is 362 g/mol. The molecule has 142 valence electrons. The molecule has 0 aromatic heterocycles. The van der Waals surface area contributed by atoms with Gasteiger partial charge in [-0.3, -0.25) is 14.9 Å². The third-order valence-corrected chi connectivity index (χ3v) is 4.09. The van der Waals surface area contributed by atoms with Crippen LogP contribution >= 0.6 is 11.6 Å². The summed E-state index contributed by atoms with van der Waals surface area (Å²) in [7, 11) is 0. The van der Waals surface area contributed by atoms with Crippen molar-refractivity contribution in [2.24, 2.45) is 5.92 Å². The molecule has 2 rings (SSSR count). The SMILES string of the molecule is CC(C)(C)OC(=O)N1CCCC(C(=O)Nc2ccc(Cl)cc2[N+](=O)[O-])C1. The molecule has 8 nitrogen and oxygen atoms in total. The molecule has 26 heavy (non-hydrogen) atoms. The summed E-state index contributed by atoms with van der Waals surface area (Å²) in [5.74, 6) is -0.838. The molecule has 1 aliphatic rings. The Hall–Kier alpha value is -2.35. The van der Waals surface area contributed by atoms with Crippen LogP contribution in [0.1, 0.15) is 33.6 Å². The van der Waals surface area contributed by atoms with E-state index in [1.807, 2.05) is 0 Å². The number of nitrogens with one attached hydrogen (secondary N) is 1. The summed E-state index contributed by atoms with van der Waals surface area (Å²) in [5.41, 5.74) is -0.805. The van der Waals surface area contributed by atoms with E-state index in [2.05, 4.69) is 5.32 Å². The van der Waals surface area contributed by atoms with E-state index in [0.717, 1.165) is 0 Å². The smallest absolute Gasteiger partial charge is 0.410 e. The zero-order valence-electron chi connectivity index (χ0n) is 15.0. The monoisotopic (exact) mass is 383 g/mol. The van der Waals surface area contributed by atoms with Crippen LogP contribution in [-0.2, 0) is 9.53 Å². The standard InChI is InChI=1S/C17H22ClN3O5/c1-17(2,3)26-16(23)20-8-4-5-11(10-20)15(22)19-13-7-6-12(18)9-14(13)21(24)25/h6-7,9,11H,4-5,8,10H2,1-3H3,(H,19,22). The number of hydrogen-bond donors (Lipinski definition) is 1. The number of anilines is 1. The van der Waals surface area contributed by atoms with Crippen molar-refractivity contribution in [3.05, 3.63) is 33.3 Å². The van der Waals surface area contributed by atoms with E-state index in [9.17, 15) is 19.7 Å². The van der Waals surface area contributed by atoms with Crippen molar-refractivity contribution in [1.82, 2.24) is 4.90 Å². The van der Waals surface area contributed by atoms with Gasteiger partial charge in [0.25, 0.3) is 5.69 Å². The average Bonchev–Trinajstić information content (AvgIpc) is 2.54. The second-order valence-electron chi connectivity index (χ2n) is 7.17. The fourth-order valence-electron chi connectivity index (χ4n) is 2.68. The number of nitro groups is 1. The van der Waals surface area contributed by atoms with Gasteiger partial charge in [0, 0.05) is 24.2 Å². The van der Waals surface area contributed by atoms with Gasteiger partial charge in [-0.2, -0.15) is 0 Å². The van der Waals surface area contributed by atoms with Crippen LogP contribution < -0.4 is 5.32 Å². The Labute approximate surface area is 156 Å². The molecule has 0 spiro atoms. The van der Waals surface area contributed by atoms with Gasteiger partial charge in [0.2, 0.25) is 5.91 Å². The number of amides is 2. The Balaban J connectivity index is 2.06. The molecule has 1 N–H and O–H groups in total. The first-order chi connectivity index (χ1) is 12.1. The number of carbonyl (C=O) groups is 2. The first-order valence-electron chi connectivity index (χ1n) is 8.29. The maximum absolute atomic E-state index is 12.5. The van der Waals surface area contributed by atoms with Gasteiger partial charge in [-0.05, 0) is 45.7 Å². The Morgan fingerprint density at radius 2 is 2.08 bits per heavy atom. The molecule has 1 heterocycles. The molecule has 1 atom stereocenters. The normalized spacial score (nSPS) is 17.5. The largest absolute Gasteiger partial charge is 0.444 e. The summed E-state index contributed by atoms with van der Waals surface area (Å²) >= 11 is 5.78. The van der Waals surface area contributed by atoms with E-state index < -0.39 is 22.5 Å². The predicted molar refractivity (Wildman–Crippen MR) is 97.3 cm³/mol. The van der Waals surface area contributed by atoms with Crippen LogP contribution in [0.25, 0.3) is 0 Å². The van der Waals surface area contributed by atoms with Crippen LogP contribution in [0.4, 0.5) is 16.2 Å². The number of nitrogens with zero attached hydrogens (tertiary/aromatic N) is 2. The molecule has 1 saturated heterocycles. The lowest BCUT2D eigenvalue weighted by Crippen LogP contribution is -2.45. The summed E-state index contributed by atoms with van der Waals surface area (Å²) < 4.78 is 5.34. The van der Waals surface area contributed by atoms with Gasteiger partial charge in [-0.25, -0.2) is 4.79 Å². The van der Waals surface area contributed by atoms with Crippen molar-refractivity contribution < 1.29 is 19.2 Å². The number of halogens is 1. The maximum Gasteiger partial charge on any atom is 0.410 e. The molecule has 1 unspecified atom stereocenters. The molecular formula is C17H22ClN3O5. The zero-order valence-corrected chi connectivity index (χ0v) is 15.7. The quantitative estimate of drug-likeness (QED) is 0.631. The van der Waals surface area contributed by atoms with Crippen LogP contribution in [-0.4, -0.2) is 40.5 Å². The van der Waals surface area contributed by atoms with Crippen LogP contribution in [0, 0.1) is 16.0 Å². The van der Waals surface area contributed by atoms with Crippen LogP contribution in [0.15, 0.2) is 18.2 Å². The number of likely N-dealkylation sites (tertiary alicyclic amines) is 1. The van der Waals surface area contributed by atoms with Crippen molar-refractivity contribution in [2.75, 3.05) is 18.4 Å². The minimum atomic E-state index is -0.615. The number of hydrogen-bond acceptors (Lipinski definition) is 5. The van der Waals surface area contributed by atoms with Gasteiger partial charge in [-0.15, -0.1) is 0 Å². The van der Waals surface area contributed by atoms with Gasteiger partial charge in [0.15, 0.2) is 0 Å². The molecule has 1 aromatic rings. The van der Waals surface area contributed by atoms with Gasteiger partial charge in [0.1, 0.15) is 11.3 Å². The number of nitro benzene ring substituents is 1. The first kappa shape index (κ1) is 20.0. The fraction of sp³-hybridized carbons (Fsp3) is 0.529. The fourth-order valence-corrected chi connectivity index (χ4v) is 2.85. The molecule has 9 heteroatoms. The highest BCUT2D eigenvalue weighted by Crippen LogP contribution is 2.29. The van der Waals surface area contributed by atoms with Crippen molar-refractivity contribution in [3.8, 4) is 0 Å². The molecule has 1 aliphatic heterocycles. The summed E-state index contributed by atoms with van der Waals surface area (Å²) in [5, 5.41) is 13.9. The lowest BCUT2D eigenvalue weighted by Gasteiger charge is -2.33. The van der Waals surface area contributed by atoms with Crippen LogP contribution in [0.5, 0.6) is 0 Å². The lowest BCUT2D eigenvalue weighted by molar-refractivity contribution is -0.383. The summed E-state index contributed by atoms with van der Waals surface area (Å²) in [6, 6.07) is 4.05. The zero-order chi connectivity index (χ0) is 19.5. The molecule has 2 amide bonds. The number of ether oxygens (including phenoxy) is 1. The highest BCUT2D eigenvalue weighted by atomic mass is 35.5. The Kier molecular flexibility index (Phi) is 6.07. The lowest BCUT2D eigenvalue weighted by atomic mass is 9.97. The average molecular weight is 384 g/mol. The van der Waals surface area contributed by atoms with Crippen molar-refractivity contribution >= 4 is 35.0 Å². The second kappa shape index (κ2) is 7.90. The predicted octanol–water partition coefficient (Wildman–Crippen LogP) is 3.83. The second-order valence-corrected chi connectivity index (χ2v) is 7.61. The van der Waals surface area contributed by atoms with E-state index in [1.165, 1.54) is 23.1 Å². The third kappa shape index (κ3) is 5.32. The number of benzene rings is 1. The summed E-state index contributed by atoms with van der Waals surface area (Å²) in [6.45, 7) is 6.05. The molecule has 1 aromatic carbocycles. The molecule has 0 radical (unpaired) electrons. The van der Waals surface area contributed by atoms with E-state index in [4.69, 9.17) is 16.3 Å². The van der Waals surface area contributed by atoms with Gasteiger partial charge >= 0.3 is 6.09 Å². The molecule has 0 saturated carbocycles. The summed E-state index contributed by atoms with van der Waals surface area (Å²) in [6.07, 6.45) is 0.777. The van der Waals surface area contributed by atoms with Gasteiger partial charge < -0.3 is 15.0 Å². The number of rotatable bonds is 3. The van der Waals surface area contributed by atoms with E-state index in [0.29, 0.717) is 19.4 Å². The molecule has 0 aliphatic carbocycles. The Morgan fingerprint density at radius 1 is 1.38 bits per heavy atom. The van der Waals surface area contributed by atoms with E-state index in [1.54, 1.807) is 20.8 Å². The molecule has 0 bridgehead atoms. The number of carbonyl (C=O) groups excluding carboxylic acids is 2. The number of piperidine rings is 1. The third-order valence-electron chi connectivity index (χ3n) is 3.86. The van der Waals surface area contributed by atoms with Crippen molar-refractivity contribution in [2.45, 2.75) is 39.2 Å². The topological polar surface area (TPSA) is 102 Å². The van der Waals surface area contributed by atoms with Crippen molar-refractivity contribution in [1.29, 1.82) is 0 Å². The van der Waals surface area contributed by atoms with Gasteiger partial charge in [0.05, 0.1) is 10.8 Å². The minimum Gasteiger partial charge on any atom is -0.444 e. The van der Waals surface area contributed by atoms with Crippen LogP contribution in [0.3, 0.4) is 0 Å². The van der Waals surface area contributed by atoms with Gasteiger partial charge in [-0.1, -0.05) is 11.6 Å². The highest BCUT2D eigenvalue weighted by Gasteiger charge is 2.31. The molecule has 1 fully saturated rings. The Morgan fingerprint density at radius 3 is 2.69 bits per heavy atom. The first-order valence-corrected chi connectivity index (χ1v) is 8.67. The maximum atomic E-state index is 12.5. The van der Waals surface area contributed by atoms with Crippen LogP contribution in [0.2, 0.25) is 5.02 Å². The van der Waals surface area contributed by atoms with Crippen molar-refractivity contribution in [3.63, 3.8) is 0 Å². The summed E-state index contributed by atoms with van der Waals surface area (Å²) in [4.78, 5) is 36.7.